The second-order valence-corrected chi connectivity index (χ2v) is 9.99. The first-order chi connectivity index (χ1) is 14.1. The Morgan fingerprint density at radius 2 is 1.73 bits per heavy atom. The minimum atomic E-state index is -0.256. The first-order valence-electron chi connectivity index (χ1n) is 10.9. The molecule has 0 atom stereocenters. The summed E-state index contributed by atoms with van der Waals surface area (Å²) in [4.78, 5) is 7.47. The first kappa shape index (κ1) is 20.9. The standard InChI is InChI=1S/C26H34N2O2/c1-8-29-23-20(16-28(6)7)18-14-25(2,3)27-22(17-12-10-9-11-13-17)21(18)19-15-26(4,5)30-24(19)23/h9-13H,8,14-16H2,1-7H3. The molecule has 0 unspecified atom stereocenters. The van der Waals surface area contributed by atoms with Crippen molar-refractivity contribution in [2.24, 2.45) is 4.99 Å². The van der Waals surface area contributed by atoms with Crippen LogP contribution in [0.1, 0.15) is 62.4 Å². The second-order valence-electron chi connectivity index (χ2n) is 9.99. The molecule has 0 saturated heterocycles. The molecule has 30 heavy (non-hydrogen) atoms. The molecule has 0 saturated carbocycles. The highest BCUT2D eigenvalue weighted by atomic mass is 16.5. The third kappa shape index (κ3) is 3.74. The average Bonchev–Trinajstić information content (AvgIpc) is 2.98. The summed E-state index contributed by atoms with van der Waals surface area (Å²) < 4.78 is 12.8. The van der Waals surface area contributed by atoms with Gasteiger partial charge < -0.3 is 14.4 Å². The molecule has 2 aromatic carbocycles. The van der Waals surface area contributed by atoms with Crippen LogP contribution in [0.2, 0.25) is 0 Å². The summed E-state index contributed by atoms with van der Waals surface area (Å²) in [6.45, 7) is 12.3. The van der Waals surface area contributed by atoms with Gasteiger partial charge in [-0.05, 0) is 60.7 Å². The molecular weight excluding hydrogens is 372 g/mol. The van der Waals surface area contributed by atoms with Gasteiger partial charge in [0.15, 0.2) is 11.5 Å². The van der Waals surface area contributed by atoms with Gasteiger partial charge in [0.25, 0.3) is 0 Å². The fourth-order valence-electron chi connectivity index (χ4n) is 4.77. The highest BCUT2D eigenvalue weighted by molar-refractivity contribution is 6.16. The number of benzene rings is 2. The van der Waals surface area contributed by atoms with E-state index in [1.165, 1.54) is 27.8 Å². The second kappa shape index (κ2) is 7.42. The summed E-state index contributed by atoms with van der Waals surface area (Å²) in [5.41, 5.74) is 6.94. The maximum atomic E-state index is 6.50. The molecule has 4 heteroatoms. The monoisotopic (exact) mass is 406 g/mol. The Labute approximate surface area is 180 Å². The summed E-state index contributed by atoms with van der Waals surface area (Å²) in [6, 6.07) is 10.6. The van der Waals surface area contributed by atoms with Crippen LogP contribution in [0.3, 0.4) is 0 Å². The average molecular weight is 407 g/mol. The van der Waals surface area contributed by atoms with Crippen molar-refractivity contribution in [2.45, 2.75) is 65.1 Å². The van der Waals surface area contributed by atoms with Gasteiger partial charge in [-0.3, -0.25) is 4.99 Å². The number of hydrogen-bond donors (Lipinski definition) is 0. The van der Waals surface area contributed by atoms with E-state index >= 15 is 0 Å². The minimum Gasteiger partial charge on any atom is -0.490 e. The van der Waals surface area contributed by atoms with E-state index in [1.54, 1.807) is 0 Å². The van der Waals surface area contributed by atoms with Crippen LogP contribution in [0.4, 0.5) is 0 Å². The van der Waals surface area contributed by atoms with E-state index in [4.69, 9.17) is 14.5 Å². The quantitative estimate of drug-likeness (QED) is 0.698. The maximum Gasteiger partial charge on any atom is 0.166 e. The zero-order valence-corrected chi connectivity index (χ0v) is 19.4. The molecule has 0 aromatic heterocycles. The largest absolute Gasteiger partial charge is 0.490 e. The van der Waals surface area contributed by atoms with E-state index < -0.39 is 0 Å². The van der Waals surface area contributed by atoms with Crippen molar-refractivity contribution in [2.75, 3.05) is 20.7 Å². The Morgan fingerprint density at radius 1 is 1.03 bits per heavy atom. The predicted molar refractivity (Wildman–Crippen MR) is 123 cm³/mol. The number of rotatable bonds is 5. The summed E-state index contributed by atoms with van der Waals surface area (Å²) in [6.07, 6.45) is 1.76. The lowest BCUT2D eigenvalue weighted by Crippen LogP contribution is -2.32. The molecule has 4 rings (SSSR count). The fourth-order valence-corrected chi connectivity index (χ4v) is 4.77. The molecule has 0 aliphatic carbocycles. The SMILES string of the molecule is CCOc1c(CN(C)C)c2c(c3c1OC(C)(C)C3)C(c1ccccc1)=NC(C)(C)C2. The number of ether oxygens (including phenoxy) is 2. The van der Waals surface area contributed by atoms with Gasteiger partial charge in [0, 0.05) is 35.2 Å². The van der Waals surface area contributed by atoms with Gasteiger partial charge in [-0.2, -0.15) is 0 Å². The summed E-state index contributed by atoms with van der Waals surface area (Å²) in [7, 11) is 4.22. The van der Waals surface area contributed by atoms with Gasteiger partial charge in [0.2, 0.25) is 0 Å². The van der Waals surface area contributed by atoms with Crippen LogP contribution in [-0.2, 0) is 19.4 Å². The number of aliphatic imine (C=N–C) groups is 1. The maximum absolute atomic E-state index is 6.50. The van der Waals surface area contributed by atoms with E-state index in [0.717, 1.165) is 36.6 Å². The molecule has 0 amide bonds. The van der Waals surface area contributed by atoms with Gasteiger partial charge in [-0.25, -0.2) is 0 Å². The Balaban J connectivity index is 2.06. The first-order valence-corrected chi connectivity index (χ1v) is 10.9. The third-order valence-electron chi connectivity index (χ3n) is 5.77. The van der Waals surface area contributed by atoms with E-state index in [0.29, 0.717) is 6.61 Å². The molecule has 2 heterocycles. The lowest BCUT2D eigenvalue weighted by Gasteiger charge is -2.33. The molecule has 0 spiro atoms. The molecule has 0 bridgehead atoms. The smallest absolute Gasteiger partial charge is 0.166 e. The lowest BCUT2D eigenvalue weighted by molar-refractivity contribution is 0.132. The van der Waals surface area contributed by atoms with Gasteiger partial charge in [0.1, 0.15) is 5.60 Å². The topological polar surface area (TPSA) is 34.1 Å². The number of nitrogens with zero attached hydrogens (tertiary/aromatic N) is 2. The predicted octanol–water partition coefficient (Wildman–Crippen LogP) is 5.03. The zero-order valence-electron chi connectivity index (χ0n) is 19.4. The van der Waals surface area contributed by atoms with Crippen molar-refractivity contribution in [3.05, 3.63) is 58.1 Å². The van der Waals surface area contributed by atoms with Crippen LogP contribution in [0, 0.1) is 0 Å². The van der Waals surface area contributed by atoms with Crippen molar-refractivity contribution >= 4 is 5.71 Å². The van der Waals surface area contributed by atoms with Crippen LogP contribution in [0.15, 0.2) is 35.3 Å². The fraction of sp³-hybridized carbons (Fsp3) is 0.500. The Morgan fingerprint density at radius 3 is 2.37 bits per heavy atom. The molecule has 2 aromatic rings. The molecule has 2 aliphatic heterocycles. The van der Waals surface area contributed by atoms with Crippen LogP contribution in [-0.4, -0.2) is 42.5 Å². The van der Waals surface area contributed by atoms with Crippen molar-refractivity contribution < 1.29 is 9.47 Å². The van der Waals surface area contributed by atoms with Crippen molar-refractivity contribution in [3.63, 3.8) is 0 Å². The molecule has 160 valence electrons. The van der Waals surface area contributed by atoms with Crippen LogP contribution >= 0.6 is 0 Å². The van der Waals surface area contributed by atoms with Gasteiger partial charge >= 0.3 is 0 Å². The van der Waals surface area contributed by atoms with Crippen molar-refractivity contribution in [3.8, 4) is 11.5 Å². The summed E-state index contributed by atoms with van der Waals surface area (Å²) in [5.74, 6) is 1.84. The lowest BCUT2D eigenvalue weighted by atomic mass is 9.78. The highest BCUT2D eigenvalue weighted by Gasteiger charge is 2.41. The van der Waals surface area contributed by atoms with Gasteiger partial charge in [-0.1, -0.05) is 30.3 Å². The van der Waals surface area contributed by atoms with E-state index in [9.17, 15) is 0 Å². The molecule has 0 fully saturated rings. The molecule has 0 radical (unpaired) electrons. The van der Waals surface area contributed by atoms with E-state index in [2.05, 4.69) is 77.0 Å². The van der Waals surface area contributed by atoms with E-state index in [-0.39, 0.29) is 11.1 Å². The Kier molecular flexibility index (Phi) is 5.17. The highest BCUT2D eigenvalue weighted by Crippen LogP contribution is 2.50. The molecular formula is C26H34N2O2. The number of fused-ring (bicyclic) bond motifs is 3. The van der Waals surface area contributed by atoms with E-state index in [1.807, 2.05) is 6.92 Å². The Bertz CT molecular complexity index is 988. The molecule has 4 nitrogen and oxygen atoms in total. The summed E-state index contributed by atoms with van der Waals surface area (Å²) >= 11 is 0. The van der Waals surface area contributed by atoms with Crippen LogP contribution < -0.4 is 9.47 Å². The summed E-state index contributed by atoms with van der Waals surface area (Å²) in [5, 5.41) is 0. The molecule has 0 N–H and O–H groups in total. The van der Waals surface area contributed by atoms with Crippen molar-refractivity contribution in [1.29, 1.82) is 0 Å². The van der Waals surface area contributed by atoms with Crippen molar-refractivity contribution in [1.82, 2.24) is 4.90 Å². The van der Waals surface area contributed by atoms with Crippen LogP contribution in [0.5, 0.6) is 11.5 Å². The van der Waals surface area contributed by atoms with Crippen LogP contribution in [0.25, 0.3) is 0 Å². The third-order valence-corrected chi connectivity index (χ3v) is 5.77. The minimum absolute atomic E-state index is 0.175. The zero-order chi connectivity index (χ0) is 21.7. The van der Waals surface area contributed by atoms with Gasteiger partial charge in [0.05, 0.1) is 17.9 Å². The Hall–Kier alpha value is -2.33. The van der Waals surface area contributed by atoms with Gasteiger partial charge in [-0.15, -0.1) is 0 Å². The molecule has 2 aliphatic rings. The number of hydrogen-bond acceptors (Lipinski definition) is 4. The normalized spacial score (nSPS) is 18.5.